The molecule has 0 spiro atoms. The molecule has 0 unspecified atom stereocenters. The second-order valence-electron chi connectivity index (χ2n) is 8.11. The van der Waals surface area contributed by atoms with E-state index < -0.39 is 0 Å². The Bertz CT molecular complexity index is 823. The number of aromatic nitrogens is 1. The van der Waals surface area contributed by atoms with E-state index in [9.17, 15) is 4.79 Å². The highest BCUT2D eigenvalue weighted by Gasteiger charge is 2.29. The molecular formula is C24H33N3O3. The third kappa shape index (κ3) is 5.72. The summed E-state index contributed by atoms with van der Waals surface area (Å²) in [6.07, 6.45) is 3.62. The largest absolute Gasteiger partial charge is 0.494 e. The second kappa shape index (κ2) is 10.4. The topological polar surface area (TPSA) is 54.9 Å². The van der Waals surface area contributed by atoms with Crippen LogP contribution < -0.4 is 9.64 Å². The standard InChI is InChI=1S/C24H33N3O3/c1-5-15-29-21-10-8-19(9-11-21)16-27-14-12-20(17-27)26(4)23-22(7-6-13-25-23)24(28)30-18(2)3/h6-11,13,18,20H,5,12,14-17H2,1-4H3/t20-/m1/s1. The monoisotopic (exact) mass is 411 g/mol. The van der Waals surface area contributed by atoms with Crippen molar-refractivity contribution < 1.29 is 14.3 Å². The van der Waals surface area contributed by atoms with Gasteiger partial charge in [0, 0.05) is 38.9 Å². The first-order valence-corrected chi connectivity index (χ1v) is 10.8. The lowest BCUT2D eigenvalue weighted by atomic mass is 10.2. The fourth-order valence-electron chi connectivity index (χ4n) is 3.73. The summed E-state index contributed by atoms with van der Waals surface area (Å²) in [5, 5.41) is 0. The average Bonchev–Trinajstić information content (AvgIpc) is 3.20. The van der Waals surface area contributed by atoms with Crippen molar-refractivity contribution in [1.82, 2.24) is 9.88 Å². The zero-order chi connectivity index (χ0) is 21.5. The van der Waals surface area contributed by atoms with Gasteiger partial charge in [0.05, 0.1) is 12.7 Å². The third-order valence-electron chi connectivity index (χ3n) is 5.28. The number of hydrogen-bond acceptors (Lipinski definition) is 6. The normalized spacial score (nSPS) is 16.6. The van der Waals surface area contributed by atoms with E-state index >= 15 is 0 Å². The van der Waals surface area contributed by atoms with E-state index in [1.54, 1.807) is 18.3 Å². The molecule has 0 radical (unpaired) electrons. The van der Waals surface area contributed by atoms with Crippen molar-refractivity contribution in [2.45, 2.75) is 52.3 Å². The Hall–Kier alpha value is -2.60. The van der Waals surface area contributed by atoms with Crippen molar-refractivity contribution in [3.8, 4) is 5.75 Å². The molecule has 1 aliphatic rings. The van der Waals surface area contributed by atoms with Crippen molar-refractivity contribution in [1.29, 1.82) is 0 Å². The van der Waals surface area contributed by atoms with Crippen LogP contribution in [0.5, 0.6) is 5.75 Å². The van der Waals surface area contributed by atoms with E-state index in [1.165, 1.54) is 5.56 Å². The number of likely N-dealkylation sites (N-methyl/N-ethyl adjacent to an activating group) is 1. The molecule has 0 bridgehead atoms. The van der Waals surface area contributed by atoms with Gasteiger partial charge in [0.15, 0.2) is 0 Å². The predicted molar refractivity (Wildman–Crippen MR) is 119 cm³/mol. The van der Waals surface area contributed by atoms with Crippen LogP contribution in [0, 0.1) is 0 Å². The van der Waals surface area contributed by atoms with Gasteiger partial charge in [-0.1, -0.05) is 19.1 Å². The van der Waals surface area contributed by atoms with E-state index in [0.29, 0.717) is 17.4 Å². The van der Waals surface area contributed by atoms with Crippen molar-refractivity contribution >= 4 is 11.8 Å². The van der Waals surface area contributed by atoms with Crippen molar-refractivity contribution in [2.24, 2.45) is 0 Å². The molecule has 0 amide bonds. The second-order valence-corrected chi connectivity index (χ2v) is 8.11. The molecule has 162 valence electrons. The van der Waals surface area contributed by atoms with Crippen molar-refractivity contribution in [3.05, 3.63) is 53.7 Å². The number of benzene rings is 1. The number of nitrogens with zero attached hydrogens (tertiary/aromatic N) is 3. The lowest BCUT2D eigenvalue weighted by Crippen LogP contribution is -2.36. The maximum Gasteiger partial charge on any atom is 0.342 e. The molecule has 3 rings (SSSR count). The first-order chi connectivity index (χ1) is 14.5. The Morgan fingerprint density at radius 2 is 2.03 bits per heavy atom. The molecule has 1 saturated heterocycles. The molecule has 2 aromatic rings. The summed E-state index contributed by atoms with van der Waals surface area (Å²) in [7, 11) is 2.02. The molecule has 1 atom stereocenters. The van der Waals surface area contributed by atoms with Gasteiger partial charge in [0.2, 0.25) is 0 Å². The molecule has 1 fully saturated rings. The summed E-state index contributed by atoms with van der Waals surface area (Å²) in [6.45, 7) is 9.42. The minimum atomic E-state index is -0.319. The summed E-state index contributed by atoms with van der Waals surface area (Å²) in [4.78, 5) is 21.5. The van der Waals surface area contributed by atoms with Gasteiger partial charge in [0.1, 0.15) is 17.1 Å². The number of carbonyl (C=O) groups excluding carboxylic acids is 1. The molecule has 0 aliphatic carbocycles. The molecular weight excluding hydrogens is 378 g/mol. The molecule has 1 aliphatic heterocycles. The van der Waals surface area contributed by atoms with Crippen LogP contribution in [0.3, 0.4) is 0 Å². The molecule has 6 heteroatoms. The van der Waals surface area contributed by atoms with Crippen LogP contribution in [-0.4, -0.2) is 54.7 Å². The van der Waals surface area contributed by atoms with Crippen molar-refractivity contribution in [2.75, 3.05) is 31.6 Å². The first-order valence-electron chi connectivity index (χ1n) is 10.8. The minimum absolute atomic E-state index is 0.156. The van der Waals surface area contributed by atoms with Crippen LogP contribution in [0.4, 0.5) is 5.82 Å². The quantitative estimate of drug-likeness (QED) is 0.578. The first kappa shape index (κ1) is 22.1. The van der Waals surface area contributed by atoms with E-state index in [-0.39, 0.29) is 12.1 Å². The summed E-state index contributed by atoms with van der Waals surface area (Å²) >= 11 is 0. The van der Waals surface area contributed by atoms with Gasteiger partial charge < -0.3 is 14.4 Å². The summed E-state index contributed by atoms with van der Waals surface area (Å²) < 4.78 is 11.1. The Kier molecular flexibility index (Phi) is 7.69. The number of rotatable bonds is 9. The predicted octanol–water partition coefficient (Wildman–Crippen LogP) is 4.15. The van der Waals surface area contributed by atoms with E-state index in [2.05, 4.69) is 33.8 Å². The highest BCUT2D eigenvalue weighted by atomic mass is 16.5. The number of hydrogen-bond donors (Lipinski definition) is 0. The van der Waals surface area contributed by atoms with Crippen LogP contribution in [-0.2, 0) is 11.3 Å². The summed E-state index contributed by atoms with van der Waals surface area (Å²) in [5.74, 6) is 1.29. The third-order valence-corrected chi connectivity index (χ3v) is 5.28. The highest BCUT2D eigenvalue weighted by Crippen LogP contribution is 2.25. The fourth-order valence-corrected chi connectivity index (χ4v) is 3.73. The lowest BCUT2D eigenvalue weighted by Gasteiger charge is -2.27. The minimum Gasteiger partial charge on any atom is -0.494 e. The molecule has 0 saturated carbocycles. The Balaban J connectivity index is 1.61. The highest BCUT2D eigenvalue weighted by molar-refractivity contribution is 5.94. The summed E-state index contributed by atoms with van der Waals surface area (Å²) in [5.41, 5.74) is 1.80. The molecule has 0 N–H and O–H groups in total. The number of esters is 1. The molecule has 1 aromatic heterocycles. The zero-order valence-electron chi connectivity index (χ0n) is 18.5. The zero-order valence-corrected chi connectivity index (χ0v) is 18.5. The average molecular weight is 412 g/mol. The van der Waals surface area contributed by atoms with Gasteiger partial charge in [-0.15, -0.1) is 0 Å². The van der Waals surface area contributed by atoms with Gasteiger partial charge in [-0.25, -0.2) is 9.78 Å². The number of likely N-dealkylation sites (tertiary alicyclic amines) is 1. The molecule has 2 heterocycles. The van der Waals surface area contributed by atoms with Gasteiger partial charge >= 0.3 is 5.97 Å². The van der Waals surface area contributed by atoms with Crippen LogP contribution in [0.25, 0.3) is 0 Å². The maximum atomic E-state index is 12.5. The van der Waals surface area contributed by atoms with Crippen LogP contribution >= 0.6 is 0 Å². The number of anilines is 1. The maximum absolute atomic E-state index is 12.5. The van der Waals surface area contributed by atoms with Gasteiger partial charge in [-0.05, 0) is 56.5 Å². The smallest absolute Gasteiger partial charge is 0.342 e. The Labute approximate surface area is 179 Å². The van der Waals surface area contributed by atoms with E-state index in [4.69, 9.17) is 9.47 Å². The summed E-state index contributed by atoms with van der Waals surface area (Å²) in [6, 6.07) is 12.2. The van der Waals surface area contributed by atoms with E-state index in [0.717, 1.165) is 44.8 Å². The SMILES string of the molecule is CCCOc1ccc(CN2CC[C@@H](N(C)c3ncccc3C(=O)OC(C)C)C2)cc1. The van der Waals surface area contributed by atoms with Gasteiger partial charge in [-0.3, -0.25) is 4.90 Å². The van der Waals surface area contributed by atoms with Crippen LogP contribution in [0.2, 0.25) is 0 Å². The molecule has 30 heavy (non-hydrogen) atoms. The number of carbonyl (C=O) groups is 1. The van der Waals surface area contributed by atoms with Crippen LogP contribution in [0.15, 0.2) is 42.6 Å². The Morgan fingerprint density at radius 3 is 2.73 bits per heavy atom. The number of ether oxygens (including phenoxy) is 2. The Morgan fingerprint density at radius 1 is 1.27 bits per heavy atom. The van der Waals surface area contributed by atoms with Gasteiger partial charge in [0.25, 0.3) is 0 Å². The number of pyridine rings is 1. The van der Waals surface area contributed by atoms with E-state index in [1.807, 2.05) is 33.0 Å². The molecule has 1 aromatic carbocycles. The lowest BCUT2D eigenvalue weighted by molar-refractivity contribution is 0.0378. The fraction of sp³-hybridized carbons (Fsp3) is 0.500. The van der Waals surface area contributed by atoms with Crippen LogP contribution in [0.1, 0.15) is 49.5 Å². The van der Waals surface area contributed by atoms with Crippen molar-refractivity contribution in [3.63, 3.8) is 0 Å². The van der Waals surface area contributed by atoms with Gasteiger partial charge in [-0.2, -0.15) is 0 Å². The molecule has 6 nitrogen and oxygen atoms in total.